The van der Waals surface area contributed by atoms with E-state index in [0.717, 1.165) is 11.8 Å². The molecule has 0 bridgehead atoms. The number of aromatic nitrogens is 2. The Balaban J connectivity index is 1.66. The van der Waals surface area contributed by atoms with E-state index >= 15 is 0 Å². The van der Waals surface area contributed by atoms with E-state index < -0.39 is 10.0 Å². The van der Waals surface area contributed by atoms with E-state index in [9.17, 15) is 13.2 Å². The topological polar surface area (TPSA) is 93.1 Å². The summed E-state index contributed by atoms with van der Waals surface area (Å²) < 4.78 is 26.2. The molecule has 140 valence electrons. The predicted octanol–water partition coefficient (Wildman–Crippen LogP) is 2.83. The molecular weight excluding hydrogens is 388 g/mol. The van der Waals surface area contributed by atoms with Gasteiger partial charge in [-0.1, -0.05) is 35.9 Å². The van der Waals surface area contributed by atoms with Crippen molar-refractivity contribution in [2.75, 3.05) is 11.6 Å². The summed E-state index contributed by atoms with van der Waals surface area (Å²) in [4.78, 5) is 12.4. The number of hydrogen-bond donors (Lipinski definition) is 2. The summed E-state index contributed by atoms with van der Waals surface area (Å²) in [6.07, 6.45) is 4.16. The molecule has 3 aromatic rings. The average Bonchev–Trinajstić information content (AvgIpc) is 3.11. The van der Waals surface area contributed by atoms with E-state index in [1.165, 1.54) is 10.9 Å². The van der Waals surface area contributed by atoms with Crippen LogP contribution in [0.4, 0.5) is 5.69 Å². The maximum atomic E-state index is 12.4. The molecule has 0 fully saturated rings. The lowest BCUT2D eigenvalue weighted by Crippen LogP contribution is -2.21. The molecule has 7 nitrogen and oxygen atoms in total. The summed E-state index contributed by atoms with van der Waals surface area (Å²) in [6, 6.07) is 14.1. The van der Waals surface area contributed by atoms with Crippen molar-refractivity contribution in [1.29, 1.82) is 0 Å². The van der Waals surface area contributed by atoms with Gasteiger partial charge in [-0.3, -0.25) is 4.79 Å². The zero-order valence-corrected chi connectivity index (χ0v) is 16.0. The standard InChI is InChI=1S/C18H17ClN4O3S/c1-27(25,26)21-10-13-6-8-15(9-7-13)22-18(24)14-11-20-23(12-14)17-5-3-2-4-16(17)19/h2-9,11-12,21H,10H2,1H3,(H,22,24). The maximum absolute atomic E-state index is 12.4. The number of amides is 1. The van der Waals surface area contributed by atoms with Crippen LogP contribution in [0.15, 0.2) is 60.9 Å². The zero-order chi connectivity index (χ0) is 19.4. The number of para-hydroxylation sites is 1. The van der Waals surface area contributed by atoms with Crippen LogP contribution in [-0.2, 0) is 16.6 Å². The molecule has 1 heterocycles. The first kappa shape index (κ1) is 19.1. The second-order valence-corrected chi connectivity index (χ2v) is 8.11. The van der Waals surface area contributed by atoms with Gasteiger partial charge in [0, 0.05) is 18.4 Å². The van der Waals surface area contributed by atoms with Gasteiger partial charge in [0.1, 0.15) is 0 Å². The van der Waals surface area contributed by atoms with Crippen molar-refractivity contribution in [2.45, 2.75) is 6.54 Å². The quantitative estimate of drug-likeness (QED) is 0.660. The zero-order valence-electron chi connectivity index (χ0n) is 14.4. The van der Waals surface area contributed by atoms with E-state index in [0.29, 0.717) is 22.0 Å². The number of nitrogens with zero attached hydrogens (tertiary/aromatic N) is 2. The van der Waals surface area contributed by atoms with Gasteiger partial charge in [0.25, 0.3) is 5.91 Å². The fourth-order valence-corrected chi connectivity index (χ4v) is 2.98. The number of halogens is 1. The average molecular weight is 405 g/mol. The van der Waals surface area contributed by atoms with Crippen LogP contribution in [0.1, 0.15) is 15.9 Å². The lowest BCUT2D eigenvalue weighted by atomic mass is 10.2. The van der Waals surface area contributed by atoms with Gasteiger partial charge in [0.05, 0.1) is 28.7 Å². The molecule has 0 aliphatic rings. The van der Waals surface area contributed by atoms with Crippen LogP contribution in [0.3, 0.4) is 0 Å². The first-order valence-electron chi connectivity index (χ1n) is 7.96. The number of nitrogens with one attached hydrogen (secondary N) is 2. The first-order valence-corrected chi connectivity index (χ1v) is 10.2. The molecule has 0 radical (unpaired) electrons. The third-order valence-electron chi connectivity index (χ3n) is 3.69. The van der Waals surface area contributed by atoms with Crippen molar-refractivity contribution in [3.63, 3.8) is 0 Å². The van der Waals surface area contributed by atoms with E-state index in [4.69, 9.17) is 11.6 Å². The molecule has 27 heavy (non-hydrogen) atoms. The van der Waals surface area contributed by atoms with Crippen LogP contribution in [0, 0.1) is 0 Å². The largest absolute Gasteiger partial charge is 0.322 e. The van der Waals surface area contributed by atoms with Crippen LogP contribution in [0.5, 0.6) is 0 Å². The molecule has 3 rings (SSSR count). The fourth-order valence-electron chi connectivity index (χ4n) is 2.33. The summed E-state index contributed by atoms with van der Waals surface area (Å²) in [5, 5.41) is 7.48. The Morgan fingerprint density at radius 1 is 1.15 bits per heavy atom. The van der Waals surface area contributed by atoms with Crippen LogP contribution in [0.25, 0.3) is 5.69 Å². The highest BCUT2D eigenvalue weighted by atomic mass is 35.5. The Hall–Kier alpha value is -2.68. The number of hydrogen-bond acceptors (Lipinski definition) is 4. The Morgan fingerprint density at radius 3 is 2.52 bits per heavy atom. The molecule has 0 atom stereocenters. The number of rotatable bonds is 6. The van der Waals surface area contributed by atoms with Crippen molar-refractivity contribution in [3.05, 3.63) is 77.1 Å². The Labute approximate surface area is 162 Å². The van der Waals surface area contributed by atoms with Crippen LogP contribution >= 0.6 is 11.6 Å². The summed E-state index contributed by atoms with van der Waals surface area (Å²) in [5.74, 6) is -0.310. The molecule has 0 saturated heterocycles. The monoisotopic (exact) mass is 404 g/mol. The summed E-state index contributed by atoms with van der Waals surface area (Å²) >= 11 is 6.14. The predicted molar refractivity (Wildman–Crippen MR) is 105 cm³/mol. The van der Waals surface area contributed by atoms with Crippen LogP contribution < -0.4 is 10.0 Å². The SMILES string of the molecule is CS(=O)(=O)NCc1ccc(NC(=O)c2cnn(-c3ccccc3Cl)c2)cc1. The van der Waals surface area contributed by atoms with Gasteiger partial charge in [-0.2, -0.15) is 5.10 Å². The molecule has 9 heteroatoms. The lowest BCUT2D eigenvalue weighted by Gasteiger charge is -2.06. The molecule has 2 N–H and O–H groups in total. The molecule has 0 aliphatic heterocycles. The Kier molecular flexibility index (Phi) is 5.59. The number of carbonyl (C=O) groups excluding carboxylic acids is 1. The first-order chi connectivity index (χ1) is 12.8. The van der Waals surface area contributed by atoms with E-state index in [2.05, 4.69) is 15.1 Å². The summed E-state index contributed by atoms with van der Waals surface area (Å²) in [6.45, 7) is 0.192. The van der Waals surface area contributed by atoms with Crippen LogP contribution in [-0.4, -0.2) is 30.4 Å². The van der Waals surface area contributed by atoms with Crippen molar-refractivity contribution < 1.29 is 13.2 Å². The highest BCUT2D eigenvalue weighted by Gasteiger charge is 2.11. The number of carbonyl (C=O) groups is 1. The van der Waals surface area contributed by atoms with E-state index in [1.807, 2.05) is 12.1 Å². The van der Waals surface area contributed by atoms with E-state index in [1.54, 1.807) is 42.6 Å². The fraction of sp³-hybridized carbons (Fsp3) is 0.111. The molecule has 2 aromatic carbocycles. The lowest BCUT2D eigenvalue weighted by molar-refractivity contribution is 0.102. The van der Waals surface area contributed by atoms with Crippen molar-refractivity contribution in [3.8, 4) is 5.69 Å². The van der Waals surface area contributed by atoms with Crippen molar-refractivity contribution >= 4 is 33.2 Å². The molecule has 0 spiro atoms. The van der Waals surface area contributed by atoms with Gasteiger partial charge in [0.2, 0.25) is 10.0 Å². The van der Waals surface area contributed by atoms with Crippen molar-refractivity contribution in [1.82, 2.24) is 14.5 Å². The molecule has 1 amide bonds. The summed E-state index contributed by atoms with van der Waals surface area (Å²) in [5.41, 5.74) is 2.44. The van der Waals surface area contributed by atoms with Gasteiger partial charge in [-0.05, 0) is 29.8 Å². The van der Waals surface area contributed by atoms with Gasteiger partial charge in [-0.25, -0.2) is 17.8 Å². The van der Waals surface area contributed by atoms with Crippen molar-refractivity contribution in [2.24, 2.45) is 0 Å². The maximum Gasteiger partial charge on any atom is 0.258 e. The normalized spacial score (nSPS) is 11.3. The highest BCUT2D eigenvalue weighted by molar-refractivity contribution is 7.88. The molecule has 0 unspecified atom stereocenters. The van der Waals surface area contributed by atoms with Gasteiger partial charge in [0.15, 0.2) is 0 Å². The number of sulfonamides is 1. The Morgan fingerprint density at radius 2 is 1.85 bits per heavy atom. The molecule has 0 aliphatic carbocycles. The van der Waals surface area contributed by atoms with Gasteiger partial charge < -0.3 is 5.32 Å². The van der Waals surface area contributed by atoms with E-state index in [-0.39, 0.29) is 12.5 Å². The minimum atomic E-state index is -3.25. The van der Waals surface area contributed by atoms with Gasteiger partial charge in [-0.15, -0.1) is 0 Å². The number of anilines is 1. The van der Waals surface area contributed by atoms with Gasteiger partial charge >= 0.3 is 0 Å². The minimum Gasteiger partial charge on any atom is -0.322 e. The highest BCUT2D eigenvalue weighted by Crippen LogP contribution is 2.19. The third-order valence-corrected chi connectivity index (χ3v) is 4.68. The smallest absolute Gasteiger partial charge is 0.258 e. The third kappa shape index (κ3) is 5.16. The second-order valence-electron chi connectivity index (χ2n) is 5.87. The molecule has 0 saturated carbocycles. The molecule has 1 aromatic heterocycles. The Bertz CT molecular complexity index is 1060. The molecular formula is C18H17ClN4O3S. The minimum absolute atomic E-state index is 0.192. The number of benzene rings is 2. The summed E-state index contributed by atoms with van der Waals surface area (Å²) in [7, 11) is -3.25. The second kappa shape index (κ2) is 7.91. The van der Waals surface area contributed by atoms with Crippen LogP contribution in [0.2, 0.25) is 5.02 Å².